The predicted octanol–water partition coefficient (Wildman–Crippen LogP) is 4.48. The molecule has 0 radical (unpaired) electrons. The number of halogens is 2. The molecule has 2 rings (SSSR count). The Kier molecular flexibility index (Phi) is 4.38. The zero-order valence-corrected chi connectivity index (χ0v) is 12.5. The van der Waals surface area contributed by atoms with Gasteiger partial charge in [-0.2, -0.15) is 0 Å². The molecule has 0 aliphatic rings. The lowest BCUT2D eigenvalue weighted by Crippen LogP contribution is -2.05. The zero-order valence-electron chi connectivity index (χ0n) is 11.0. The Bertz CT molecular complexity index is 595. The summed E-state index contributed by atoms with van der Waals surface area (Å²) >= 11 is 3.19. The van der Waals surface area contributed by atoms with Crippen LogP contribution in [0.2, 0.25) is 0 Å². The van der Waals surface area contributed by atoms with Crippen molar-refractivity contribution in [2.24, 2.45) is 0 Å². The van der Waals surface area contributed by atoms with Crippen LogP contribution < -0.4 is 0 Å². The van der Waals surface area contributed by atoms with Crippen molar-refractivity contribution < 1.29 is 9.50 Å². The molecule has 2 aromatic carbocycles. The third-order valence-electron chi connectivity index (χ3n) is 3.26. The average Bonchev–Trinajstić information content (AvgIpc) is 2.37. The SMILES string of the molecule is Cc1ccc(C)c(CC(O)c2cccc(F)c2Br)c1. The van der Waals surface area contributed by atoms with E-state index in [2.05, 4.69) is 22.0 Å². The maximum atomic E-state index is 13.5. The standard InChI is InChI=1S/C16H16BrFO/c1-10-6-7-11(2)12(8-10)9-15(19)13-4-3-5-14(18)16(13)17/h3-8,15,19H,9H2,1-2H3. The van der Waals surface area contributed by atoms with E-state index in [1.165, 1.54) is 6.07 Å². The third-order valence-corrected chi connectivity index (χ3v) is 4.09. The molecule has 1 unspecified atom stereocenters. The molecule has 0 saturated heterocycles. The summed E-state index contributed by atoms with van der Waals surface area (Å²) in [7, 11) is 0. The van der Waals surface area contributed by atoms with E-state index in [1.807, 2.05) is 26.0 Å². The van der Waals surface area contributed by atoms with E-state index >= 15 is 0 Å². The smallest absolute Gasteiger partial charge is 0.137 e. The van der Waals surface area contributed by atoms with Crippen LogP contribution in [0, 0.1) is 19.7 Å². The second kappa shape index (κ2) is 5.85. The first kappa shape index (κ1) is 14.2. The first-order valence-electron chi connectivity index (χ1n) is 6.17. The first-order chi connectivity index (χ1) is 8.99. The Morgan fingerprint density at radius 3 is 2.68 bits per heavy atom. The fourth-order valence-corrected chi connectivity index (χ4v) is 2.64. The summed E-state index contributed by atoms with van der Waals surface area (Å²) < 4.78 is 13.8. The van der Waals surface area contributed by atoms with Crippen molar-refractivity contribution in [3.8, 4) is 0 Å². The van der Waals surface area contributed by atoms with E-state index < -0.39 is 6.10 Å². The largest absolute Gasteiger partial charge is 0.388 e. The summed E-state index contributed by atoms with van der Waals surface area (Å²) in [5.41, 5.74) is 3.97. The van der Waals surface area contributed by atoms with Gasteiger partial charge in [-0.05, 0) is 52.5 Å². The van der Waals surface area contributed by atoms with E-state index in [9.17, 15) is 9.50 Å². The molecule has 0 heterocycles. The highest BCUT2D eigenvalue weighted by atomic mass is 79.9. The maximum Gasteiger partial charge on any atom is 0.137 e. The molecule has 0 spiro atoms. The molecule has 0 aliphatic carbocycles. The fraction of sp³-hybridized carbons (Fsp3) is 0.250. The number of aryl methyl sites for hydroxylation is 2. The first-order valence-corrected chi connectivity index (χ1v) is 6.96. The van der Waals surface area contributed by atoms with Gasteiger partial charge in [0, 0.05) is 6.42 Å². The average molecular weight is 323 g/mol. The zero-order chi connectivity index (χ0) is 14.0. The lowest BCUT2D eigenvalue weighted by Gasteiger charge is -2.15. The number of benzene rings is 2. The molecule has 100 valence electrons. The van der Waals surface area contributed by atoms with Crippen LogP contribution in [0.3, 0.4) is 0 Å². The highest BCUT2D eigenvalue weighted by Gasteiger charge is 2.15. The molecule has 2 aromatic rings. The number of aliphatic hydroxyl groups is 1. The Balaban J connectivity index is 2.28. The van der Waals surface area contributed by atoms with Crippen LogP contribution in [0.4, 0.5) is 4.39 Å². The van der Waals surface area contributed by atoms with Gasteiger partial charge in [-0.25, -0.2) is 4.39 Å². The molecule has 0 aromatic heterocycles. The monoisotopic (exact) mass is 322 g/mol. The Hall–Kier alpha value is -1.19. The Labute approximate surface area is 121 Å². The van der Waals surface area contributed by atoms with Gasteiger partial charge in [0.15, 0.2) is 0 Å². The van der Waals surface area contributed by atoms with Crippen molar-refractivity contribution in [2.75, 3.05) is 0 Å². The third kappa shape index (κ3) is 3.23. The van der Waals surface area contributed by atoms with Crippen molar-refractivity contribution in [3.63, 3.8) is 0 Å². The molecule has 0 bridgehead atoms. The highest BCUT2D eigenvalue weighted by Crippen LogP contribution is 2.29. The van der Waals surface area contributed by atoms with Crippen LogP contribution in [-0.2, 0) is 6.42 Å². The van der Waals surface area contributed by atoms with Gasteiger partial charge in [-0.1, -0.05) is 35.9 Å². The second-order valence-electron chi connectivity index (χ2n) is 4.79. The van der Waals surface area contributed by atoms with Crippen LogP contribution >= 0.6 is 15.9 Å². The van der Waals surface area contributed by atoms with Crippen molar-refractivity contribution in [1.82, 2.24) is 0 Å². The fourth-order valence-electron chi connectivity index (χ4n) is 2.12. The van der Waals surface area contributed by atoms with Crippen LogP contribution in [0.1, 0.15) is 28.4 Å². The van der Waals surface area contributed by atoms with Gasteiger partial charge < -0.3 is 5.11 Å². The molecule has 0 aliphatic heterocycles. The van der Waals surface area contributed by atoms with Crippen molar-refractivity contribution in [1.29, 1.82) is 0 Å². The van der Waals surface area contributed by atoms with Gasteiger partial charge in [0.1, 0.15) is 5.82 Å². The molecular formula is C16H16BrFO. The molecule has 1 N–H and O–H groups in total. The second-order valence-corrected chi connectivity index (χ2v) is 5.59. The lowest BCUT2D eigenvalue weighted by atomic mass is 9.97. The maximum absolute atomic E-state index is 13.5. The Morgan fingerprint density at radius 2 is 1.95 bits per heavy atom. The molecule has 0 saturated carbocycles. The minimum Gasteiger partial charge on any atom is -0.388 e. The summed E-state index contributed by atoms with van der Waals surface area (Å²) in [4.78, 5) is 0. The van der Waals surface area contributed by atoms with E-state index in [4.69, 9.17) is 0 Å². The highest BCUT2D eigenvalue weighted by molar-refractivity contribution is 9.10. The number of hydrogen-bond donors (Lipinski definition) is 1. The molecular weight excluding hydrogens is 307 g/mol. The van der Waals surface area contributed by atoms with Crippen molar-refractivity contribution >= 4 is 15.9 Å². The molecule has 1 atom stereocenters. The van der Waals surface area contributed by atoms with Crippen LogP contribution in [0.5, 0.6) is 0 Å². The van der Waals surface area contributed by atoms with Crippen LogP contribution in [0.25, 0.3) is 0 Å². The lowest BCUT2D eigenvalue weighted by molar-refractivity contribution is 0.177. The molecule has 3 heteroatoms. The summed E-state index contributed by atoms with van der Waals surface area (Å²) in [5, 5.41) is 10.3. The predicted molar refractivity (Wildman–Crippen MR) is 78.7 cm³/mol. The van der Waals surface area contributed by atoms with Gasteiger partial charge in [0.05, 0.1) is 10.6 Å². The van der Waals surface area contributed by atoms with Gasteiger partial charge in [-0.3, -0.25) is 0 Å². The summed E-state index contributed by atoms with van der Waals surface area (Å²) in [6, 6.07) is 10.9. The number of rotatable bonds is 3. The summed E-state index contributed by atoms with van der Waals surface area (Å²) in [6.45, 7) is 4.04. The van der Waals surface area contributed by atoms with Crippen LogP contribution in [0.15, 0.2) is 40.9 Å². The number of hydrogen-bond acceptors (Lipinski definition) is 1. The Morgan fingerprint density at radius 1 is 1.21 bits per heavy atom. The molecule has 1 nitrogen and oxygen atoms in total. The van der Waals surface area contributed by atoms with E-state index in [0.717, 1.165) is 16.7 Å². The van der Waals surface area contributed by atoms with Gasteiger partial charge in [-0.15, -0.1) is 0 Å². The van der Waals surface area contributed by atoms with E-state index in [-0.39, 0.29) is 5.82 Å². The summed E-state index contributed by atoms with van der Waals surface area (Å²) in [5.74, 6) is -0.350. The summed E-state index contributed by atoms with van der Waals surface area (Å²) in [6.07, 6.45) is -0.235. The normalized spacial score (nSPS) is 12.5. The molecule has 0 amide bonds. The quantitative estimate of drug-likeness (QED) is 0.883. The van der Waals surface area contributed by atoms with Gasteiger partial charge in [0.2, 0.25) is 0 Å². The van der Waals surface area contributed by atoms with Crippen molar-refractivity contribution in [2.45, 2.75) is 26.4 Å². The molecule has 0 fully saturated rings. The topological polar surface area (TPSA) is 20.2 Å². The van der Waals surface area contributed by atoms with Crippen molar-refractivity contribution in [3.05, 3.63) is 68.9 Å². The van der Waals surface area contributed by atoms with E-state index in [1.54, 1.807) is 12.1 Å². The van der Waals surface area contributed by atoms with Crippen LogP contribution in [-0.4, -0.2) is 5.11 Å². The number of aliphatic hydroxyl groups excluding tert-OH is 1. The van der Waals surface area contributed by atoms with Gasteiger partial charge in [0.25, 0.3) is 0 Å². The molecule has 19 heavy (non-hydrogen) atoms. The minimum atomic E-state index is -0.717. The van der Waals surface area contributed by atoms with Gasteiger partial charge >= 0.3 is 0 Å². The minimum absolute atomic E-state index is 0.341. The van der Waals surface area contributed by atoms with E-state index in [0.29, 0.717) is 16.5 Å².